The molecule has 0 bridgehead atoms. The van der Waals surface area contributed by atoms with Gasteiger partial charge in [0.2, 0.25) is 5.65 Å². The van der Waals surface area contributed by atoms with Crippen LogP contribution >= 0.6 is 0 Å². The predicted octanol–water partition coefficient (Wildman–Crippen LogP) is 1.42. The van der Waals surface area contributed by atoms with Gasteiger partial charge in [-0.05, 0) is 6.92 Å². The number of rotatable bonds is 5. The van der Waals surface area contributed by atoms with E-state index in [9.17, 15) is 13.2 Å². The number of nitrogens with zero attached hydrogens (tertiary/aromatic N) is 4. The second-order valence-electron chi connectivity index (χ2n) is 3.81. The minimum Gasteiger partial charge on any atom is -0.370 e. The molecular formula is C10H12F3N5O. The second-order valence-corrected chi connectivity index (χ2v) is 3.81. The van der Waals surface area contributed by atoms with Gasteiger partial charge in [-0.1, -0.05) is 0 Å². The van der Waals surface area contributed by atoms with E-state index >= 15 is 0 Å². The van der Waals surface area contributed by atoms with Gasteiger partial charge in [-0.3, -0.25) is 4.40 Å². The van der Waals surface area contributed by atoms with Crippen molar-refractivity contribution < 1.29 is 17.9 Å². The normalized spacial score (nSPS) is 12.0. The Kier molecular flexibility index (Phi) is 3.84. The van der Waals surface area contributed by atoms with Crippen LogP contribution in [0.15, 0.2) is 12.4 Å². The van der Waals surface area contributed by atoms with Crippen LogP contribution in [0.25, 0.3) is 5.65 Å². The van der Waals surface area contributed by atoms with E-state index in [-0.39, 0.29) is 13.2 Å². The van der Waals surface area contributed by atoms with Gasteiger partial charge in [-0.15, -0.1) is 10.2 Å². The number of ether oxygens (including phenoxy) is 1. The number of aryl methyl sites for hydroxylation is 1. The lowest BCUT2D eigenvalue weighted by atomic mass is 10.5. The number of aromatic nitrogens is 4. The maximum atomic E-state index is 11.8. The van der Waals surface area contributed by atoms with E-state index in [1.807, 2.05) is 0 Å². The number of alkyl halides is 3. The van der Waals surface area contributed by atoms with Crippen molar-refractivity contribution >= 4 is 11.5 Å². The van der Waals surface area contributed by atoms with Crippen molar-refractivity contribution in [3.63, 3.8) is 0 Å². The van der Waals surface area contributed by atoms with E-state index < -0.39 is 12.8 Å². The molecule has 104 valence electrons. The monoisotopic (exact) mass is 275 g/mol. The lowest BCUT2D eigenvalue weighted by molar-refractivity contribution is -0.172. The minimum atomic E-state index is -4.30. The van der Waals surface area contributed by atoms with Crippen molar-refractivity contribution in [2.45, 2.75) is 13.1 Å². The van der Waals surface area contributed by atoms with Gasteiger partial charge >= 0.3 is 6.18 Å². The number of halogens is 3. The van der Waals surface area contributed by atoms with Crippen molar-refractivity contribution in [3.05, 3.63) is 18.2 Å². The average Bonchev–Trinajstić information content (AvgIpc) is 2.70. The summed E-state index contributed by atoms with van der Waals surface area (Å²) in [5.74, 6) is 1.16. The molecule has 2 rings (SSSR count). The third kappa shape index (κ3) is 3.53. The molecule has 0 amide bonds. The van der Waals surface area contributed by atoms with Gasteiger partial charge < -0.3 is 10.1 Å². The van der Waals surface area contributed by atoms with Gasteiger partial charge in [-0.25, -0.2) is 4.98 Å². The van der Waals surface area contributed by atoms with E-state index in [1.165, 1.54) is 0 Å². The zero-order chi connectivity index (χ0) is 13.9. The van der Waals surface area contributed by atoms with E-state index in [4.69, 9.17) is 0 Å². The van der Waals surface area contributed by atoms with Crippen LogP contribution < -0.4 is 5.32 Å². The summed E-state index contributed by atoms with van der Waals surface area (Å²) >= 11 is 0. The fourth-order valence-corrected chi connectivity index (χ4v) is 1.50. The molecule has 0 radical (unpaired) electrons. The molecule has 0 aliphatic heterocycles. The molecule has 2 aromatic heterocycles. The highest BCUT2D eigenvalue weighted by atomic mass is 19.4. The standard InChI is InChI=1S/C10H12F3N5O/c1-7-16-17-9-8(14-2-4-18(7)9)15-3-5-19-6-10(11,12)13/h2,4H,3,5-6H2,1H3,(H,14,15). The highest BCUT2D eigenvalue weighted by Gasteiger charge is 2.27. The minimum absolute atomic E-state index is 0.0740. The summed E-state index contributed by atoms with van der Waals surface area (Å²) in [6.45, 7) is 0.663. The molecule has 1 N–H and O–H groups in total. The molecule has 0 fully saturated rings. The van der Waals surface area contributed by atoms with Crippen LogP contribution in [0.1, 0.15) is 5.82 Å². The summed E-state index contributed by atoms with van der Waals surface area (Å²) in [5, 5.41) is 10.7. The summed E-state index contributed by atoms with van der Waals surface area (Å²) in [6, 6.07) is 0. The van der Waals surface area contributed by atoms with Gasteiger partial charge in [-0.2, -0.15) is 13.2 Å². The Morgan fingerprint density at radius 3 is 2.89 bits per heavy atom. The average molecular weight is 275 g/mol. The Morgan fingerprint density at radius 2 is 2.16 bits per heavy atom. The van der Waals surface area contributed by atoms with Crippen molar-refractivity contribution in [1.29, 1.82) is 0 Å². The van der Waals surface area contributed by atoms with Crippen molar-refractivity contribution in [1.82, 2.24) is 19.6 Å². The molecule has 2 heterocycles. The molecule has 0 aromatic carbocycles. The van der Waals surface area contributed by atoms with E-state index in [0.29, 0.717) is 17.3 Å². The van der Waals surface area contributed by atoms with Crippen molar-refractivity contribution in [2.75, 3.05) is 25.1 Å². The van der Waals surface area contributed by atoms with Crippen LogP contribution in [-0.2, 0) is 4.74 Å². The summed E-state index contributed by atoms with van der Waals surface area (Å²) < 4.78 is 41.7. The van der Waals surface area contributed by atoms with Crippen molar-refractivity contribution in [2.24, 2.45) is 0 Å². The maximum Gasteiger partial charge on any atom is 0.411 e. The Labute approximate surface area is 106 Å². The summed E-state index contributed by atoms with van der Waals surface area (Å²) in [4.78, 5) is 4.05. The third-order valence-corrected chi connectivity index (χ3v) is 2.30. The Hall–Kier alpha value is -1.90. The molecule has 0 aliphatic rings. The molecule has 9 heteroatoms. The van der Waals surface area contributed by atoms with Crippen LogP contribution in [0.5, 0.6) is 0 Å². The van der Waals surface area contributed by atoms with Crippen LogP contribution in [0.3, 0.4) is 0 Å². The number of hydrogen-bond donors (Lipinski definition) is 1. The fourth-order valence-electron chi connectivity index (χ4n) is 1.50. The van der Waals surface area contributed by atoms with Crippen molar-refractivity contribution in [3.8, 4) is 0 Å². The molecule has 0 saturated carbocycles. The zero-order valence-corrected chi connectivity index (χ0v) is 10.1. The number of anilines is 1. The Balaban J connectivity index is 1.88. The zero-order valence-electron chi connectivity index (χ0n) is 10.1. The van der Waals surface area contributed by atoms with Gasteiger partial charge in [0.25, 0.3) is 0 Å². The topological polar surface area (TPSA) is 64.3 Å². The molecule has 0 saturated heterocycles. The fraction of sp³-hybridized carbons (Fsp3) is 0.500. The van der Waals surface area contributed by atoms with E-state index in [0.717, 1.165) is 0 Å². The largest absolute Gasteiger partial charge is 0.411 e. The first kappa shape index (κ1) is 13.5. The van der Waals surface area contributed by atoms with Crippen LogP contribution in [-0.4, -0.2) is 45.5 Å². The summed E-state index contributed by atoms with van der Waals surface area (Å²) in [5.41, 5.74) is 0.524. The first-order valence-electron chi connectivity index (χ1n) is 5.52. The summed E-state index contributed by atoms with van der Waals surface area (Å²) in [7, 11) is 0. The third-order valence-electron chi connectivity index (χ3n) is 2.30. The first-order chi connectivity index (χ1) is 8.97. The highest BCUT2D eigenvalue weighted by Crippen LogP contribution is 2.14. The molecule has 0 atom stereocenters. The van der Waals surface area contributed by atoms with Crippen LogP contribution in [0.2, 0.25) is 0 Å². The highest BCUT2D eigenvalue weighted by molar-refractivity contribution is 5.61. The predicted molar refractivity (Wildman–Crippen MR) is 60.9 cm³/mol. The molecule has 2 aromatic rings. The quantitative estimate of drug-likeness (QED) is 0.836. The lowest BCUT2D eigenvalue weighted by Crippen LogP contribution is -2.20. The van der Waals surface area contributed by atoms with Gasteiger partial charge in [0, 0.05) is 18.9 Å². The van der Waals surface area contributed by atoms with Crippen LogP contribution in [0.4, 0.5) is 19.0 Å². The van der Waals surface area contributed by atoms with Crippen LogP contribution in [0, 0.1) is 6.92 Å². The molecule has 6 nitrogen and oxygen atoms in total. The smallest absolute Gasteiger partial charge is 0.370 e. The van der Waals surface area contributed by atoms with Gasteiger partial charge in [0.1, 0.15) is 12.4 Å². The number of hydrogen-bond acceptors (Lipinski definition) is 5. The molecular weight excluding hydrogens is 263 g/mol. The summed E-state index contributed by atoms with van der Waals surface area (Å²) in [6.07, 6.45) is -1.04. The molecule has 0 spiro atoms. The van der Waals surface area contributed by atoms with Gasteiger partial charge in [0.05, 0.1) is 6.61 Å². The van der Waals surface area contributed by atoms with Gasteiger partial charge in [0.15, 0.2) is 5.82 Å². The first-order valence-corrected chi connectivity index (χ1v) is 5.52. The number of nitrogens with one attached hydrogen (secondary N) is 1. The molecule has 19 heavy (non-hydrogen) atoms. The number of fused-ring (bicyclic) bond motifs is 1. The van der Waals surface area contributed by atoms with E-state index in [1.54, 1.807) is 23.7 Å². The Morgan fingerprint density at radius 1 is 1.37 bits per heavy atom. The SMILES string of the molecule is Cc1nnc2c(NCCOCC(F)(F)F)nccn12. The molecule has 0 unspecified atom stereocenters. The van der Waals surface area contributed by atoms with E-state index in [2.05, 4.69) is 25.2 Å². The second kappa shape index (κ2) is 5.39. The molecule has 0 aliphatic carbocycles. The lowest BCUT2D eigenvalue weighted by Gasteiger charge is -2.09. The maximum absolute atomic E-state index is 11.8. The Bertz CT molecular complexity index is 554.